The molecule has 5 heteroatoms. The van der Waals surface area contributed by atoms with Gasteiger partial charge in [0.2, 0.25) is 0 Å². The van der Waals surface area contributed by atoms with Crippen molar-refractivity contribution in [3.63, 3.8) is 0 Å². The molecule has 0 aliphatic rings. The van der Waals surface area contributed by atoms with Crippen LogP contribution in [0.2, 0.25) is 0 Å². The second-order valence-electron chi connectivity index (χ2n) is 3.54. The Kier molecular flexibility index (Phi) is 4.23. The number of nitrogens with one attached hydrogen (secondary N) is 1. The van der Waals surface area contributed by atoms with Crippen LogP contribution in [0.25, 0.3) is 10.9 Å². The lowest BCUT2D eigenvalue weighted by atomic mass is 10.2. The first kappa shape index (κ1) is 11.8. The molecule has 90 valence electrons. The maximum atomic E-state index is 8.56. The van der Waals surface area contributed by atoms with E-state index >= 15 is 0 Å². The van der Waals surface area contributed by atoms with Crippen LogP contribution in [0, 0.1) is 0 Å². The molecule has 0 bridgehead atoms. The van der Waals surface area contributed by atoms with E-state index < -0.39 is 0 Å². The van der Waals surface area contributed by atoms with Crippen molar-refractivity contribution in [2.45, 2.75) is 0 Å². The molecule has 0 fully saturated rings. The van der Waals surface area contributed by atoms with E-state index in [-0.39, 0.29) is 6.61 Å². The van der Waals surface area contributed by atoms with Crippen molar-refractivity contribution in [3.05, 3.63) is 30.5 Å². The molecule has 2 aromatic rings. The number of anilines is 1. The van der Waals surface area contributed by atoms with Crippen LogP contribution in [0.5, 0.6) is 0 Å². The lowest BCUT2D eigenvalue weighted by molar-refractivity contribution is 0.0992. The Labute approximate surface area is 99.4 Å². The SMILES string of the molecule is OCCOCCNc1cnnc2ccccc12. The Morgan fingerprint density at radius 1 is 1.24 bits per heavy atom. The number of hydrogen-bond donors (Lipinski definition) is 2. The van der Waals surface area contributed by atoms with Crippen molar-refractivity contribution in [1.82, 2.24) is 10.2 Å². The monoisotopic (exact) mass is 233 g/mol. The van der Waals surface area contributed by atoms with Crippen LogP contribution in [0.15, 0.2) is 30.5 Å². The van der Waals surface area contributed by atoms with Gasteiger partial charge in [0, 0.05) is 11.9 Å². The third-order valence-corrected chi connectivity index (χ3v) is 2.34. The molecular weight excluding hydrogens is 218 g/mol. The van der Waals surface area contributed by atoms with Crippen molar-refractivity contribution >= 4 is 16.6 Å². The van der Waals surface area contributed by atoms with E-state index in [0.29, 0.717) is 19.8 Å². The first-order valence-corrected chi connectivity index (χ1v) is 5.54. The molecule has 0 atom stereocenters. The van der Waals surface area contributed by atoms with Gasteiger partial charge in [-0.1, -0.05) is 18.2 Å². The van der Waals surface area contributed by atoms with E-state index in [4.69, 9.17) is 9.84 Å². The first-order valence-electron chi connectivity index (χ1n) is 5.54. The maximum absolute atomic E-state index is 8.56. The average molecular weight is 233 g/mol. The number of benzene rings is 1. The third kappa shape index (κ3) is 3.12. The molecule has 5 nitrogen and oxygen atoms in total. The Hall–Kier alpha value is -1.72. The summed E-state index contributed by atoms with van der Waals surface area (Å²) in [5.41, 5.74) is 1.82. The molecule has 1 aromatic carbocycles. The van der Waals surface area contributed by atoms with Gasteiger partial charge in [-0.25, -0.2) is 0 Å². The molecule has 1 heterocycles. The number of rotatable bonds is 6. The summed E-state index contributed by atoms with van der Waals surface area (Å²) in [5, 5.41) is 20.8. The Morgan fingerprint density at radius 3 is 3.00 bits per heavy atom. The third-order valence-electron chi connectivity index (χ3n) is 2.34. The molecule has 0 radical (unpaired) electrons. The van der Waals surface area contributed by atoms with Crippen molar-refractivity contribution in [2.24, 2.45) is 0 Å². The summed E-state index contributed by atoms with van der Waals surface area (Å²) in [5.74, 6) is 0. The molecule has 0 aliphatic carbocycles. The summed E-state index contributed by atoms with van der Waals surface area (Å²) in [6.45, 7) is 1.66. The molecule has 2 N–H and O–H groups in total. The Balaban J connectivity index is 1.98. The quantitative estimate of drug-likeness (QED) is 0.730. The van der Waals surface area contributed by atoms with Crippen molar-refractivity contribution < 1.29 is 9.84 Å². The van der Waals surface area contributed by atoms with Gasteiger partial charge in [0.1, 0.15) is 0 Å². The van der Waals surface area contributed by atoms with Gasteiger partial charge in [0.05, 0.1) is 37.2 Å². The largest absolute Gasteiger partial charge is 0.394 e. The number of aliphatic hydroxyl groups is 1. The molecule has 0 aliphatic heterocycles. The van der Waals surface area contributed by atoms with Crippen LogP contribution < -0.4 is 5.32 Å². The van der Waals surface area contributed by atoms with Gasteiger partial charge >= 0.3 is 0 Å². The highest BCUT2D eigenvalue weighted by atomic mass is 16.5. The first-order chi connectivity index (χ1) is 8.42. The predicted octanol–water partition coefficient (Wildman–Crippen LogP) is 1.05. The fraction of sp³-hybridized carbons (Fsp3) is 0.333. The van der Waals surface area contributed by atoms with E-state index in [0.717, 1.165) is 16.6 Å². The summed E-state index contributed by atoms with van der Waals surface area (Å²) in [6, 6.07) is 7.83. The number of nitrogens with zero attached hydrogens (tertiary/aromatic N) is 2. The maximum Gasteiger partial charge on any atom is 0.0950 e. The second kappa shape index (κ2) is 6.12. The van der Waals surface area contributed by atoms with E-state index in [2.05, 4.69) is 15.5 Å². The van der Waals surface area contributed by atoms with Gasteiger partial charge in [-0.3, -0.25) is 0 Å². The smallest absolute Gasteiger partial charge is 0.0950 e. The fourth-order valence-electron chi connectivity index (χ4n) is 1.57. The van der Waals surface area contributed by atoms with Gasteiger partial charge in [-0.05, 0) is 6.07 Å². The minimum absolute atomic E-state index is 0.0553. The van der Waals surface area contributed by atoms with E-state index in [1.165, 1.54) is 0 Å². The average Bonchev–Trinajstić information content (AvgIpc) is 2.39. The molecule has 0 unspecified atom stereocenters. The molecule has 17 heavy (non-hydrogen) atoms. The molecule has 0 amide bonds. The summed E-state index contributed by atoms with van der Waals surface area (Å²) >= 11 is 0. The number of fused-ring (bicyclic) bond motifs is 1. The van der Waals surface area contributed by atoms with Crippen LogP contribution in [0.1, 0.15) is 0 Å². The number of ether oxygens (including phenoxy) is 1. The van der Waals surface area contributed by atoms with Gasteiger partial charge in [-0.15, -0.1) is 0 Å². The predicted molar refractivity (Wildman–Crippen MR) is 65.9 cm³/mol. The van der Waals surface area contributed by atoms with E-state index in [1.54, 1.807) is 6.20 Å². The molecule has 1 aromatic heterocycles. The molecule has 2 rings (SSSR count). The van der Waals surface area contributed by atoms with Gasteiger partial charge < -0.3 is 15.2 Å². The molecular formula is C12H15N3O2. The van der Waals surface area contributed by atoms with Crippen LogP contribution in [-0.4, -0.2) is 41.7 Å². The lowest BCUT2D eigenvalue weighted by Gasteiger charge is -2.08. The summed E-state index contributed by atoms with van der Waals surface area (Å²) in [6.07, 6.45) is 1.70. The summed E-state index contributed by atoms with van der Waals surface area (Å²) in [4.78, 5) is 0. The fourth-order valence-corrected chi connectivity index (χ4v) is 1.57. The summed E-state index contributed by atoms with van der Waals surface area (Å²) < 4.78 is 5.17. The van der Waals surface area contributed by atoms with Crippen molar-refractivity contribution in [3.8, 4) is 0 Å². The Morgan fingerprint density at radius 2 is 2.12 bits per heavy atom. The molecule has 0 spiro atoms. The number of hydrogen-bond acceptors (Lipinski definition) is 5. The van der Waals surface area contributed by atoms with E-state index in [9.17, 15) is 0 Å². The van der Waals surface area contributed by atoms with Crippen molar-refractivity contribution in [2.75, 3.05) is 31.7 Å². The van der Waals surface area contributed by atoms with Gasteiger partial charge in [0.15, 0.2) is 0 Å². The van der Waals surface area contributed by atoms with Crippen LogP contribution in [0.3, 0.4) is 0 Å². The highest BCUT2D eigenvalue weighted by Gasteiger charge is 2.00. The van der Waals surface area contributed by atoms with Crippen LogP contribution in [0.4, 0.5) is 5.69 Å². The highest BCUT2D eigenvalue weighted by molar-refractivity contribution is 5.90. The van der Waals surface area contributed by atoms with Gasteiger partial charge in [-0.2, -0.15) is 10.2 Å². The number of aromatic nitrogens is 2. The molecule has 0 saturated carbocycles. The highest BCUT2D eigenvalue weighted by Crippen LogP contribution is 2.19. The standard InChI is InChI=1S/C12H15N3O2/c16-6-8-17-7-5-13-12-9-14-15-11-4-2-1-3-10(11)12/h1-4,9,16H,5-8H2,(H,13,15). The zero-order valence-corrected chi connectivity index (χ0v) is 9.47. The topological polar surface area (TPSA) is 67.3 Å². The normalized spacial score (nSPS) is 10.6. The second-order valence-corrected chi connectivity index (χ2v) is 3.54. The molecule has 0 saturated heterocycles. The summed E-state index contributed by atoms with van der Waals surface area (Å²) in [7, 11) is 0. The van der Waals surface area contributed by atoms with E-state index in [1.807, 2.05) is 24.3 Å². The minimum atomic E-state index is 0.0553. The van der Waals surface area contributed by atoms with Crippen LogP contribution >= 0.6 is 0 Å². The van der Waals surface area contributed by atoms with Crippen LogP contribution in [-0.2, 0) is 4.74 Å². The van der Waals surface area contributed by atoms with Crippen molar-refractivity contribution in [1.29, 1.82) is 0 Å². The number of aliphatic hydroxyl groups excluding tert-OH is 1. The zero-order valence-electron chi connectivity index (χ0n) is 9.47. The van der Waals surface area contributed by atoms with Gasteiger partial charge in [0.25, 0.3) is 0 Å². The lowest BCUT2D eigenvalue weighted by Crippen LogP contribution is -2.11. The Bertz CT molecular complexity index is 471. The minimum Gasteiger partial charge on any atom is -0.394 e. The zero-order chi connectivity index (χ0) is 11.9.